The Kier molecular flexibility index (Phi) is 6.46. The molecule has 11 heteroatoms. The van der Waals surface area contributed by atoms with Crippen LogP contribution in [-0.4, -0.2) is 72.7 Å². The third kappa shape index (κ3) is 4.21. The fourth-order valence-electron chi connectivity index (χ4n) is 4.22. The van der Waals surface area contributed by atoms with Crippen molar-refractivity contribution in [2.24, 2.45) is 0 Å². The summed E-state index contributed by atoms with van der Waals surface area (Å²) in [6.07, 6.45) is 7.60. The van der Waals surface area contributed by atoms with Gasteiger partial charge in [0.05, 0.1) is 0 Å². The summed E-state index contributed by atoms with van der Waals surface area (Å²) in [5, 5.41) is 0.185. The zero-order chi connectivity index (χ0) is 23.1. The van der Waals surface area contributed by atoms with Crippen LogP contribution in [-0.2, 0) is 20.9 Å². The van der Waals surface area contributed by atoms with Crippen LogP contribution in [0.3, 0.4) is 0 Å². The number of benzene rings is 1. The van der Waals surface area contributed by atoms with Crippen LogP contribution >= 0.6 is 11.6 Å². The molecule has 0 unspecified atom stereocenters. The van der Waals surface area contributed by atoms with Crippen LogP contribution in [0, 0.1) is 0 Å². The molecule has 2 aromatic heterocycles. The molecule has 3 aromatic rings. The van der Waals surface area contributed by atoms with Gasteiger partial charge in [0.2, 0.25) is 0 Å². The highest BCUT2D eigenvalue weighted by atomic mass is 35.5. The van der Waals surface area contributed by atoms with Gasteiger partial charge in [-0.05, 0) is 35.4 Å². The maximum absolute atomic E-state index is 6.73. The summed E-state index contributed by atoms with van der Waals surface area (Å²) in [4.78, 5) is 8.73. The highest BCUT2D eigenvalue weighted by Crippen LogP contribution is 2.40. The topological polar surface area (TPSA) is 25.8 Å². The largest absolute Gasteiger partial charge is 0.264 e. The smallest absolute Gasteiger partial charge is 0.104 e. The summed E-state index contributed by atoms with van der Waals surface area (Å²) in [6.45, 7) is 0. The molecule has 0 N–H and O–H groups in total. The van der Waals surface area contributed by atoms with Crippen molar-refractivity contribution in [1.29, 1.82) is 0 Å². The molecule has 2 heterocycles. The molecule has 0 atom stereocenters. The molecule has 0 saturated heterocycles. The van der Waals surface area contributed by atoms with Crippen molar-refractivity contribution >= 4 is 74.4 Å². The van der Waals surface area contributed by atoms with Crippen molar-refractivity contribution in [3.63, 3.8) is 0 Å². The standard InChI is InChI=1S/C20H27B8ClN2/c21-17(22,12-3-1-5-30-10-12)19(25,26)14-7-15(9-16(29)8-14)20(27,28)18(23,24)13-4-2-6-31-11-13/h1-11H,21-28H2. The summed E-state index contributed by atoms with van der Waals surface area (Å²) in [6, 6.07) is 14.9. The van der Waals surface area contributed by atoms with Crippen LogP contribution in [0.1, 0.15) is 22.3 Å². The Morgan fingerprint density at radius 3 is 1.23 bits per heavy atom. The van der Waals surface area contributed by atoms with Crippen LogP contribution in [0.5, 0.6) is 0 Å². The van der Waals surface area contributed by atoms with Crippen LogP contribution in [0.25, 0.3) is 0 Å². The predicted octanol–water partition coefficient (Wildman–Crippen LogP) is -3.79. The first-order valence-electron chi connectivity index (χ1n) is 10.9. The third-order valence-electron chi connectivity index (χ3n) is 8.23. The third-order valence-corrected chi connectivity index (χ3v) is 8.45. The van der Waals surface area contributed by atoms with E-state index in [1.165, 1.54) is 22.3 Å². The molecule has 0 spiro atoms. The van der Waals surface area contributed by atoms with Gasteiger partial charge < -0.3 is 0 Å². The van der Waals surface area contributed by atoms with E-state index in [1.54, 1.807) is 0 Å². The SMILES string of the molecule is BC(B)(c1cccnc1)C(B)(B)c1cc(Cl)cc(C(B)(B)C(B)(B)c2cccnc2)c1. The summed E-state index contributed by atoms with van der Waals surface area (Å²) >= 11 is 6.73. The van der Waals surface area contributed by atoms with E-state index in [0.717, 1.165) is 5.02 Å². The summed E-state index contributed by atoms with van der Waals surface area (Å²) in [5.41, 5.74) is 4.91. The van der Waals surface area contributed by atoms with Gasteiger partial charge in [-0.15, -0.1) is 0 Å². The number of pyridine rings is 2. The van der Waals surface area contributed by atoms with Crippen molar-refractivity contribution in [1.82, 2.24) is 9.97 Å². The van der Waals surface area contributed by atoms with E-state index in [1.807, 2.05) is 36.9 Å². The lowest BCUT2D eigenvalue weighted by molar-refractivity contribution is 0.703. The fraction of sp³-hybridized carbons (Fsp3) is 0.200. The summed E-state index contributed by atoms with van der Waals surface area (Å²) in [7, 11) is 18.3. The Morgan fingerprint density at radius 1 is 0.548 bits per heavy atom. The normalized spacial score (nSPS) is 13.1. The van der Waals surface area contributed by atoms with Crippen molar-refractivity contribution < 1.29 is 0 Å². The van der Waals surface area contributed by atoms with E-state index in [2.05, 4.69) is 103 Å². The number of nitrogens with zero attached hydrogens (tertiary/aromatic N) is 2. The molecule has 0 saturated carbocycles. The van der Waals surface area contributed by atoms with E-state index >= 15 is 0 Å². The van der Waals surface area contributed by atoms with E-state index < -0.39 is 0 Å². The van der Waals surface area contributed by atoms with Crippen LogP contribution < -0.4 is 0 Å². The van der Waals surface area contributed by atoms with Gasteiger partial charge in [0.25, 0.3) is 0 Å². The molecule has 0 amide bonds. The summed E-state index contributed by atoms with van der Waals surface area (Å²) < 4.78 is 0. The first-order chi connectivity index (χ1) is 14.3. The van der Waals surface area contributed by atoms with Crippen molar-refractivity contribution in [2.75, 3.05) is 0 Å². The van der Waals surface area contributed by atoms with Gasteiger partial charge in [0.1, 0.15) is 62.8 Å². The Labute approximate surface area is 199 Å². The lowest BCUT2D eigenvalue weighted by atomic mass is 9.25. The van der Waals surface area contributed by atoms with E-state index in [4.69, 9.17) is 11.6 Å². The van der Waals surface area contributed by atoms with Gasteiger partial charge >= 0.3 is 0 Å². The van der Waals surface area contributed by atoms with Crippen LogP contribution in [0.15, 0.2) is 67.3 Å². The molecule has 0 radical (unpaired) electrons. The molecule has 0 bridgehead atoms. The lowest BCUT2D eigenvalue weighted by Crippen LogP contribution is -2.53. The number of halogens is 1. The Hall–Kier alpha value is -1.67. The number of rotatable bonds is 6. The maximum atomic E-state index is 6.73. The quantitative estimate of drug-likeness (QED) is 0.385. The van der Waals surface area contributed by atoms with Gasteiger partial charge in [-0.2, -0.15) is 0 Å². The molecule has 2 nitrogen and oxygen atoms in total. The zero-order valence-electron chi connectivity index (χ0n) is 20.1. The number of hydrogen-bond acceptors (Lipinski definition) is 2. The van der Waals surface area contributed by atoms with Crippen LogP contribution in [0.2, 0.25) is 5.02 Å². The molecule has 31 heavy (non-hydrogen) atoms. The van der Waals surface area contributed by atoms with Crippen molar-refractivity contribution in [2.45, 2.75) is 20.9 Å². The average Bonchev–Trinajstić information content (AvgIpc) is 2.74. The Morgan fingerprint density at radius 2 is 0.903 bits per heavy atom. The van der Waals surface area contributed by atoms with E-state index in [0.29, 0.717) is 0 Å². The van der Waals surface area contributed by atoms with Gasteiger partial charge in [0.15, 0.2) is 0 Å². The molecule has 0 aliphatic rings. The second-order valence-electron chi connectivity index (χ2n) is 10.7. The van der Waals surface area contributed by atoms with Gasteiger partial charge in [0, 0.05) is 29.8 Å². The van der Waals surface area contributed by atoms with Crippen molar-refractivity contribution in [3.8, 4) is 0 Å². The zero-order valence-corrected chi connectivity index (χ0v) is 20.9. The van der Waals surface area contributed by atoms with Crippen LogP contribution in [0.4, 0.5) is 0 Å². The second kappa shape index (κ2) is 8.35. The molecule has 3 rings (SSSR count). The first kappa shape index (κ1) is 24.0. The lowest BCUT2D eigenvalue weighted by Gasteiger charge is -2.46. The van der Waals surface area contributed by atoms with Gasteiger partial charge in [-0.25, -0.2) is 0 Å². The van der Waals surface area contributed by atoms with Gasteiger partial charge in [-0.1, -0.05) is 61.8 Å². The second-order valence-corrected chi connectivity index (χ2v) is 11.1. The first-order valence-corrected chi connectivity index (χ1v) is 11.3. The Bertz CT molecular complexity index is 978. The number of hydrogen-bond donors (Lipinski definition) is 0. The molecule has 148 valence electrons. The monoisotopic (exact) mass is 418 g/mol. The maximum Gasteiger partial charge on any atom is 0.104 e. The molecule has 0 aliphatic heterocycles. The minimum absolute atomic E-state index is 0.133. The molecule has 0 aliphatic carbocycles. The minimum atomic E-state index is -0.162. The molecular weight excluding hydrogens is 390 g/mol. The highest BCUT2D eigenvalue weighted by molar-refractivity contribution is 6.55. The molecular formula is C20H27B8ClN2. The molecule has 0 fully saturated rings. The Balaban J connectivity index is 2.12. The number of aromatic nitrogens is 2. The van der Waals surface area contributed by atoms with E-state index in [9.17, 15) is 0 Å². The van der Waals surface area contributed by atoms with E-state index in [-0.39, 0.29) is 20.9 Å². The highest BCUT2D eigenvalue weighted by Gasteiger charge is 2.42. The summed E-state index contributed by atoms with van der Waals surface area (Å²) in [5.74, 6) is 0. The predicted molar refractivity (Wildman–Crippen MR) is 155 cm³/mol. The fourth-order valence-corrected chi connectivity index (χ4v) is 4.45. The molecule has 1 aromatic carbocycles. The average molecular weight is 417 g/mol. The van der Waals surface area contributed by atoms with Gasteiger partial charge in [-0.3, -0.25) is 9.97 Å². The minimum Gasteiger partial charge on any atom is -0.264 e. The van der Waals surface area contributed by atoms with Crippen molar-refractivity contribution in [3.05, 3.63) is 94.5 Å².